The van der Waals surface area contributed by atoms with Gasteiger partial charge in [0.05, 0.1) is 12.2 Å². The maximum atomic E-state index is 5.99. The lowest BCUT2D eigenvalue weighted by Gasteiger charge is -2.55. The molecule has 0 aromatic carbocycles. The van der Waals surface area contributed by atoms with Crippen LogP contribution in [0.1, 0.15) is 63.1 Å². The van der Waals surface area contributed by atoms with Crippen LogP contribution in [0.25, 0.3) is 0 Å². The second-order valence-corrected chi connectivity index (χ2v) is 7.05. The Hall–Kier alpha value is -0.830. The molecule has 0 radical (unpaired) electrons. The molecule has 4 fully saturated rings. The first kappa shape index (κ1) is 11.0. The van der Waals surface area contributed by atoms with Crippen LogP contribution in [0.2, 0.25) is 0 Å². The lowest BCUT2D eigenvalue weighted by Crippen LogP contribution is -2.48. The van der Waals surface area contributed by atoms with Crippen molar-refractivity contribution < 1.29 is 4.42 Å². The van der Waals surface area contributed by atoms with Gasteiger partial charge < -0.3 is 10.2 Å². The standard InChI is InChI=1S/C15H22N2O/c1-9(16)13-8-17-14(18-13)15-5-10-2-11(6-15)4-12(3-10)7-15/h8-12H,2-7,16H2,1H3. The topological polar surface area (TPSA) is 52.0 Å². The van der Waals surface area contributed by atoms with Crippen LogP contribution in [-0.2, 0) is 5.41 Å². The van der Waals surface area contributed by atoms with Gasteiger partial charge in [0.2, 0.25) is 5.89 Å². The summed E-state index contributed by atoms with van der Waals surface area (Å²) in [4.78, 5) is 4.58. The molecular formula is C15H22N2O. The first-order valence-electron chi connectivity index (χ1n) is 7.36. The Labute approximate surface area is 108 Å². The maximum Gasteiger partial charge on any atom is 0.200 e. The number of hydrogen-bond acceptors (Lipinski definition) is 3. The minimum atomic E-state index is -0.0415. The third kappa shape index (κ3) is 1.49. The number of rotatable bonds is 2. The van der Waals surface area contributed by atoms with E-state index in [1.54, 1.807) is 0 Å². The fraction of sp³-hybridized carbons (Fsp3) is 0.800. The molecule has 4 saturated carbocycles. The summed E-state index contributed by atoms with van der Waals surface area (Å²) >= 11 is 0. The molecule has 3 nitrogen and oxygen atoms in total. The van der Waals surface area contributed by atoms with Crippen LogP contribution < -0.4 is 5.73 Å². The smallest absolute Gasteiger partial charge is 0.200 e. The largest absolute Gasteiger partial charge is 0.443 e. The van der Waals surface area contributed by atoms with Crippen LogP contribution in [0.15, 0.2) is 10.6 Å². The van der Waals surface area contributed by atoms with Gasteiger partial charge in [-0.15, -0.1) is 0 Å². The summed E-state index contributed by atoms with van der Waals surface area (Å²) in [5.41, 5.74) is 6.15. The van der Waals surface area contributed by atoms with Crippen molar-refractivity contribution in [1.82, 2.24) is 4.98 Å². The van der Waals surface area contributed by atoms with E-state index in [1.807, 2.05) is 13.1 Å². The van der Waals surface area contributed by atoms with E-state index >= 15 is 0 Å². The van der Waals surface area contributed by atoms with Crippen LogP contribution in [-0.4, -0.2) is 4.98 Å². The third-order valence-electron chi connectivity index (χ3n) is 5.46. The first-order valence-corrected chi connectivity index (χ1v) is 7.36. The lowest BCUT2D eigenvalue weighted by molar-refractivity contribution is -0.0183. The molecule has 1 unspecified atom stereocenters. The van der Waals surface area contributed by atoms with Crippen molar-refractivity contribution in [3.63, 3.8) is 0 Å². The van der Waals surface area contributed by atoms with E-state index in [0.29, 0.717) is 0 Å². The highest BCUT2D eigenvalue weighted by Gasteiger charge is 2.53. The second-order valence-electron chi connectivity index (χ2n) is 7.05. The fourth-order valence-corrected chi connectivity index (χ4v) is 5.11. The number of hydrogen-bond donors (Lipinski definition) is 1. The van der Waals surface area contributed by atoms with Crippen molar-refractivity contribution in [1.29, 1.82) is 0 Å². The van der Waals surface area contributed by atoms with E-state index in [-0.39, 0.29) is 11.5 Å². The summed E-state index contributed by atoms with van der Waals surface area (Å²) in [5.74, 6) is 4.64. The van der Waals surface area contributed by atoms with E-state index in [2.05, 4.69) is 4.98 Å². The molecule has 1 aromatic rings. The van der Waals surface area contributed by atoms with Gasteiger partial charge in [0.25, 0.3) is 0 Å². The summed E-state index contributed by atoms with van der Waals surface area (Å²) in [5, 5.41) is 0. The van der Waals surface area contributed by atoms with Crippen molar-refractivity contribution in [3.05, 3.63) is 17.8 Å². The van der Waals surface area contributed by atoms with Crippen LogP contribution in [0.3, 0.4) is 0 Å². The molecule has 1 aromatic heterocycles. The van der Waals surface area contributed by atoms with Gasteiger partial charge >= 0.3 is 0 Å². The van der Waals surface area contributed by atoms with Gasteiger partial charge in [-0.2, -0.15) is 0 Å². The van der Waals surface area contributed by atoms with Gasteiger partial charge in [-0.05, 0) is 63.2 Å². The molecule has 98 valence electrons. The SMILES string of the molecule is CC(N)c1cnc(C23CC4CC(CC(C4)C2)C3)o1. The Bertz CT molecular complexity index is 428. The summed E-state index contributed by atoms with van der Waals surface area (Å²) < 4.78 is 5.99. The monoisotopic (exact) mass is 246 g/mol. The van der Waals surface area contributed by atoms with E-state index in [1.165, 1.54) is 38.5 Å². The summed E-state index contributed by atoms with van der Waals surface area (Å²) in [6, 6.07) is -0.0415. The highest BCUT2D eigenvalue weighted by atomic mass is 16.4. The number of oxazole rings is 1. The predicted octanol–water partition coefficient (Wildman–Crippen LogP) is 3.16. The zero-order chi connectivity index (χ0) is 12.3. The van der Waals surface area contributed by atoms with E-state index in [4.69, 9.17) is 10.2 Å². The number of nitrogens with two attached hydrogens (primary N) is 1. The molecule has 1 heterocycles. The van der Waals surface area contributed by atoms with E-state index in [9.17, 15) is 0 Å². The Morgan fingerprint density at radius 3 is 2.22 bits per heavy atom. The second kappa shape index (κ2) is 3.60. The van der Waals surface area contributed by atoms with Gasteiger partial charge in [-0.3, -0.25) is 0 Å². The molecule has 0 aliphatic heterocycles. The Balaban J connectivity index is 1.70. The molecule has 1 atom stereocenters. The molecule has 3 heteroatoms. The fourth-order valence-electron chi connectivity index (χ4n) is 5.11. The average molecular weight is 246 g/mol. The molecule has 0 amide bonds. The highest BCUT2D eigenvalue weighted by Crippen LogP contribution is 2.60. The third-order valence-corrected chi connectivity index (χ3v) is 5.46. The number of aromatic nitrogens is 1. The molecule has 0 saturated heterocycles. The Kier molecular flexibility index (Phi) is 2.20. The number of nitrogens with zero attached hydrogens (tertiary/aromatic N) is 1. The van der Waals surface area contributed by atoms with Gasteiger partial charge in [-0.1, -0.05) is 0 Å². The molecule has 5 rings (SSSR count). The normalized spacial score (nSPS) is 43.3. The van der Waals surface area contributed by atoms with Crippen LogP contribution in [0.4, 0.5) is 0 Å². The van der Waals surface area contributed by atoms with Gasteiger partial charge in [0.15, 0.2) is 0 Å². The first-order chi connectivity index (χ1) is 8.64. The van der Waals surface area contributed by atoms with Crippen LogP contribution in [0, 0.1) is 17.8 Å². The molecule has 18 heavy (non-hydrogen) atoms. The molecular weight excluding hydrogens is 224 g/mol. The minimum absolute atomic E-state index is 0.0415. The van der Waals surface area contributed by atoms with Crippen LogP contribution in [0.5, 0.6) is 0 Å². The maximum absolute atomic E-state index is 5.99. The molecule has 4 aliphatic carbocycles. The molecule has 2 N–H and O–H groups in total. The van der Waals surface area contributed by atoms with Gasteiger partial charge in [-0.25, -0.2) is 4.98 Å². The zero-order valence-corrected chi connectivity index (χ0v) is 11.1. The summed E-state index contributed by atoms with van der Waals surface area (Å²) in [6.45, 7) is 1.96. The predicted molar refractivity (Wildman–Crippen MR) is 69.0 cm³/mol. The quantitative estimate of drug-likeness (QED) is 0.872. The van der Waals surface area contributed by atoms with E-state index < -0.39 is 0 Å². The Morgan fingerprint density at radius 2 is 1.78 bits per heavy atom. The minimum Gasteiger partial charge on any atom is -0.443 e. The van der Waals surface area contributed by atoms with Crippen LogP contribution >= 0.6 is 0 Å². The van der Waals surface area contributed by atoms with Gasteiger partial charge in [0, 0.05) is 5.41 Å². The van der Waals surface area contributed by atoms with Gasteiger partial charge in [0.1, 0.15) is 5.76 Å². The van der Waals surface area contributed by atoms with Crippen molar-refractivity contribution in [2.24, 2.45) is 23.5 Å². The van der Waals surface area contributed by atoms with E-state index in [0.717, 1.165) is 29.4 Å². The summed E-state index contributed by atoms with van der Waals surface area (Å²) in [6.07, 6.45) is 10.1. The van der Waals surface area contributed by atoms with Crippen molar-refractivity contribution in [3.8, 4) is 0 Å². The Morgan fingerprint density at radius 1 is 1.22 bits per heavy atom. The average Bonchev–Trinajstić information content (AvgIpc) is 2.76. The van der Waals surface area contributed by atoms with Crippen molar-refractivity contribution in [2.45, 2.75) is 56.9 Å². The zero-order valence-electron chi connectivity index (χ0n) is 11.1. The highest BCUT2D eigenvalue weighted by molar-refractivity contribution is 5.16. The molecule has 4 aliphatic rings. The van der Waals surface area contributed by atoms with Crippen molar-refractivity contribution >= 4 is 0 Å². The molecule has 0 spiro atoms. The lowest BCUT2D eigenvalue weighted by atomic mass is 9.49. The van der Waals surface area contributed by atoms with Crippen molar-refractivity contribution in [2.75, 3.05) is 0 Å². The molecule has 4 bridgehead atoms. The summed E-state index contributed by atoms with van der Waals surface area (Å²) in [7, 11) is 0.